The normalized spacial score (nSPS) is 12.3. The molecule has 0 aromatic carbocycles. The van der Waals surface area contributed by atoms with E-state index in [1.807, 2.05) is 20.8 Å². The van der Waals surface area contributed by atoms with Gasteiger partial charge in [-0.25, -0.2) is 4.79 Å². The molecule has 0 aromatic heterocycles. The maximum atomic E-state index is 11.2. The van der Waals surface area contributed by atoms with E-state index in [2.05, 4.69) is 10.6 Å². The summed E-state index contributed by atoms with van der Waals surface area (Å²) in [6, 6.07) is -0.368. The van der Waals surface area contributed by atoms with E-state index in [4.69, 9.17) is 5.73 Å². The van der Waals surface area contributed by atoms with E-state index >= 15 is 0 Å². The van der Waals surface area contributed by atoms with Gasteiger partial charge in [-0.2, -0.15) is 11.8 Å². The molecule has 0 bridgehead atoms. The molecule has 16 heavy (non-hydrogen) atoms. The quantitative estimate of drug-likeness (QED) is 0.640. The van der Waals surface area contributed by atoms with Gasteiger partial charge in [-0.3, -0.25) is 10.1 Å². The number of nitrogens with two attached hydrogens (primary N) is 1. The minimum absolute atomic E-state index is 0.0626. The molecule has 1 atom stereocenters. The predicted molar refractivity (Wildman–Crippen MR) is 67.4 cm³/mol. The summed E-state index contributed by atoms with van der Waals surface area (Å²) >= 11 is 1.42. The monoisotopic (exact) mass is 247 g/mol. The molecule has 0 aliphatic heterocycles. The molecule has 0 saturated carbocycles. The third kappa shape index (κ3) is 9.79. The summed E-state index contributed by atoms with van der Waals surface area (Å²) in [5.74, 6) is 1.05. The minimum Gasteiger partial charge on any atom is -0.338 e. The zero-order valence-corrected chi connectivity index (χ0v) is 10.9. The number of amides is 3. The number of carbonyl (C=O) groups is 2. The van der Waals surface area contributed by atoms with Gasteiger partial charge in [0.2, 0.25) is 5.91 Å². The maximum absolute atomic E-state index is 11.2. The van der Waals surface area contributed by atoms with Crippen molar-refractivity contribution in [2.24, 2.45) is 11.7 Å². The summed E-state index contributed by atoms with van der Waals surface area (Å²) in [5, 5.41) is 4.87. The summed E-state index contributed by atoms with van der Waals surface area (Å²) in [6.07, 6.45) is 0. The second kappa shape index (κ2) is 8.41. The predicted octanol–water partition coefficient (Wildman–Crippen LogP) is 0.549. The molecule has 0 rings (SSSR count). The number of urea groups is 1. The number of rotatable bonds is 6. The van der Waals surface area contributed by atoms with Gasteiger partial charge in [-0.1, -0.05) is 13.8 Å². The number of imide groups is 1. The molecule has 6 heteroatoms. The van der Waals surface area contributed by atoms with Crippen LogP contribution in [0.15, 0.2) is 0 Å². The van der Waals surface area contributed by atoms with Crippen molar-refractivity contribution < 1.29 is 9.59 Å². The van der Waals surface area contributed by atoms with Gasteiger partial charge in [-0.15, -0.1) is 0 Å². The lowest BCUT2D eigenvalue weighted by atomic mass is 10.2. The second-order valence-corrected chi connectivity index (χ2v) is 5.17. The molecular formula is C10H21N3O2S. The average Bonchev–Trinajstić information content (AvgIpc) is 2.14. The van der Waals surface area contributed by atoms with Gasteiger partial charge in [0.05, 0.1) is 5.75 Å². The number of thioether (sulfide) groups is 1. The Morgan fingerprint density at radius 1 is 1.31 bits per heavy atom. The van der Waals surface area contributed by atoms with Crippen LogP contribution in [0.2, 0.25) is 0 Å². The topological polar surface area (TPSA) is 84.2 Å². The van der Waals surface area contributed by atoms with Crippen molar-refractivity contribution in [2.75, 3.05) is 18.1 Å². The van der Waals surface area contributed by atoms with Crippen LogP contribution < -0.4 is 16.4 Å². The van der Waals surface area contributed by atoms with Crippen molar-refractivity contribution in [3.8, 4) is 0 Å². The Labute approximate surface area is 101 Å². The van der Waals surface area contributed by atoms with Crippen LogP contribution in [0.3, 0.4) is 0 Å². The lowest BCUT2D eigenvalue weighted by Gasteiger charge is -2.08. The second-order valence-electron chi connectivity index (χ2n) is 4.14. The third-order valence-corrected chi connectivity index (χ3v) is 2.77. The first kappa shape index (κ1) is 15.2. The smallest absolute Gasteiger partial charge is 0.321 e. The van der Waals surface area contributed by atoms with Crippen molar-refractivity contribution in [3.05, 3.63) is 0 Å². The first-order chi connectivity index (χ1) is 7.41. The van der Waals surface area contributed by atoms with Crippen molar-refractivity contribution in [1.29, 1.82) is 0 Å². The van der Waals surface area contributed by atoms with Crippen LogP contribution in [0.4, 0.5) is 4.79 Å². The molecule has 0 heterocycles. The molecule has 4 N–H and O–H groups in total. The van der Waals surface area contributed by atoms with E-state index in [1.165, 1.54) is 11.8 Å². The first-order valence-corrected chi connectivity index (χ1v) is 6.48. The van der Waals surface area contributed by atoms with Crippen LogP contribution in [0, 0.1) is 5.92 Å². The van der Waals surface area contributed by atoms with E-state index < -0.39 is 6.03 Å². The fourth-order valence-electron chi connectivity index (χ4n) is 0.841. The first-order valence-electron chi connectivity index (χ1n) is 5.32. The SMILES string of the molecule is CC(C)CNC(=O)NC(=O)CSCC(C)N. The third-order valence-electron chi connectivity index (χ3n) is 1.54. The van der Waals surface area contributed by atoms with Crippen LogP contribution in [-0.4, -0.2) is 36.0 Å². The van der Waals surface area contributed by atoms with Gasteiger partial charge in [0.15, 0.2) is 0 Å². The molecule has 0 aliphatic rings. The molecule has 0 radical (unpaired) electrons. The molecule has 94 valence electrons. The summed E-state index contributed by atoms with van der Waals surface area (Å²) in [6.45, 7) is 6.41. The molecular weight excluding hydrogens is 226 g/mol. The van der Waals surface area contributed by atoms with Gasteiger partial charge in [0.1, 0.15) is 0 Å². The van der Waals surface area contributed by atoms with Crippen LogP contribution in [0.1, 0.15) is 20.8 Å². The Morgan fingerprint density at radius 2 is 1.94 bits per heavy atom. The van der Waals surface area contributed by atoms with Gasteiger partial charge in [0.25, 0.3) is 0 Å². The number of nitrogens with one attached hydrogen (secondary N) is 2. The number of hydrogen-bond acceptors (Lipinski definition) is 4. The molecule has 5 nitrogen and oxygen atoms in total. The Kier molecular flexibility index (Phi) is 8.01. The Hall–Kier alpha value is -0.750. The minimum atomic E-state index is -0.430. The molecule has 0 fully saturated rings. The van der Waals surface area contributed by atoms with Gasteiger partial charge in [0, 0.05) is 18.3 Å². The molecule has 0 aliphatic carbocycles. The van der Waals surface area contributed by atoms with Crippen molar-refractivity contribution in [3.63, 3.8) is 0 Å². The van der Waals surface area contributed by atoms with Crippen LogP contribution in [-0.2, 0) is 4.79 Å². The highest BCUT2D eigenvalue weighted by Gasteiger charge is 2.07. The average molecular weight is 247 g/mol. The highest BCUT2D eigenvalue weighted by atomic mass is 32.2. The maximum Gasteiger partial charge on any atom is 0.321 e. The lowest BCUT2D eigenvalue weighted by molar-refractivity contribution is -0.117. The van der Waals surface area contributed by atoms with Gasteiger partial charge in [-0.05, 0) is 12.8 Å². The summed E-state index contributed by atoms with van der Waals surface area (Å²) in [7, 11) is 0. The van der Waals surface area contributed by atoms with Gasteiger partial charge < -0.3 is 11.1 Å². The number of hydrogen-bond donors (Lipinski definition) is 3. The molecule has 3 amide bonds. The van der Waals surface area contributed by atoms with E-state index in [0.29, 0.717) is 18.2 Å². The fourth-order valence-corrected chi connectivity index (χ4v) is 1.59. The molecule has 0 aromatic rings. The molecule has 0 saturated heterocycles. The Bertz CT molecular complexity index is 232. The van der Waals surface area contributed by atoms with Crippen molar-refractivity contribution in [1.82, 2.24) is 10.6 Å². The van der Waals surface area contributed by atoms with Crippen molar-refractivity contribution >= 4 is 23.7 Å². The van der Waals surface area contributed by atoms with E-state index in [9.17, 15) is 9.59 Å². The zero-order valence-electron chi connectivity index (χ0n) is 10.1. The van der Waals surface area contributed by atoms with E-state index in [0.717, 1.165) is 0 Å². The number of carbonyl (C=O) groups excluding carboxylic acids is 2. The standard InChI is InChI=1S/C10H21N3O2S/c1-7(2)4-12-10(15)13-9(14)6-16-5-8(3)11/h7-8H,4-6,11H2,1-3H3,(H2,12,13,14,15). The van der Waals surface area contributed by atoms with Crippen molar-refractivity contribution in [2.45, 2.75) is 26.8 Å². The van der Waals surface area contributed by atoms with Crippen LogP contribution in [0.25, 0.3) is 0 Å². The highest BCUT2D eigenvalue weighted by Crippen LogP contribution is 2.00. The fraction of sp³-hybridized carbons (Fsp3) is 0.800. The summed E-state index contributed by atoms with van der Waals surface area (Å²) in [4.78, 5) is 22.4. The largest absolute Gasteiger partial charge is 0.338 e. The highest BCUT2D eigenvalue weighted by molar-refractivity contribution is 8.00. The lowest BCUT2D eigenvalue weighted by Crippen LogP contribution is -2.41. The molecule has 0 spiro atoms. The van der Waals surface area contributed by atoms with E-state index in [-0.39, 0.29) is 17.7 Å². The summed E-state index contributed by atoms with van der Waals surface area (Å²) in [5.41, 5.74) is 5.53. The summed E-state index contributed by atoms with van der Waals surface area (Å²) < 4.78 is 0. The zero-order chi connectivity index (χ0) is 12.6. The van der Waals surface area contributed by atoms with Gasteiger partial charge >= 0.3 is 6.03 Å². The van der Waals surface area contributed by atoms with Crippen LogP contribution in [0.5, 0.6) is 0 Å². The Balaban J connectivity index is 3.58. The van der Waals surface area contributed by atoms with E-state index in [1.54, 1.807) is 0 Å². The Morgan fingerprint density at radius 3 is 2.44 bits per heavy atom. The molecule has 1 unspecified atom stereocenters. The van der Waals surface area contributed by atoms with Crippen LogP contribution >= 0.6 is 11.8 Å².